The number of esters is 1. The zero-order valence-electron chi connectivity index (χ0n) is 17.4. The number of fused-ring (bicyclic) bond motifs is 1. The van der Waals surface area contributed by atoms with Crippen molar-refractivity contribution in [2.75, 3.05) is 13.7 Å². The van der Waals surface area contributed by atoms with Crippen LogP contribution in [-0.4, -0.2) is 45.8 Å². The molecule has 3 aromatic rings. The third-order valence-corrected chi connectivity index (χ3v) is 6.28. The van der Waals surface area contributed by atoms with Crippen molar-refractivity contribution in [2.24, 2.45) is 0 Å². The lowest BCUT2D eigenvalue weighted by atomic mass is 9.94. The van der Waals surface area contributed by atoms with Gasteiger partial charge in [0.1, 0.15) is 17.7 Å². The van der Waals surface area contributed by atoms with Gasteiger partial charge in [0.05, 0.1) is 23.2 Å². The van der Waals surface area contributed by atoms with Crippen LogP contribution >= 0.6 is 23.2 Å². The number of methoxy groups -OCH3 is 1. The van der Waals surface area contributed by atoms with Crippen molar-refractivity contribution in [1.82, 2.24) is 20.3 Å². The maximum Gasteiger partial charge on any atom is 0.333 e. The second-order valence-electron chi connectivity index (χ2n) is 7.48. The van der Waals surface area contributed by atoms with Crippen LogP contribution in [0.4, 0.5) is 0 Å². The summed E-state index contributed by atoms with van der Waals surface area (Å²) in [6, 6.07) is 4.54. The van der Waals surface area contributed by atoms with Gasteiger partial charge < -0.3 is 14.2 Å². The van der Waals surface area contributed by atoms with E-state index in [1.54, 1.807) is 23.1 Å². The van der Waals surface area contributed by atoms with Gasteiger partial charge in [-0.15, -0.1) is 0 Å². The Morgan fingerprint density at radius 3 is 2.81 bits per heavy atom. The van der Waals surface area contributed by atoms with E-state index in [2.05, 4.69) is 21.9 Å². The van der Waals surface area contributed by atoms with E-state index in [9.17, 15) is 9.59 Å². The van der Waals surface area contributed by atoms with Crippen LogP contribution in [0, 0.1) is 0 Å². The molecule has 166 valence electrons. The van der Waals surface area contributed by atoms with Crippen molar-refractivity contribution >= 4 is 35.1 Å². The van der Waals surface area contributed by atoms with Crippen LogP contribution in [0.2, 0.25) is 10.0 Å². The molecule has 4 rings (SSSR count). The van der Waals surface area contributed by atoms with Gasteiger partial charge in [-0.3, -0.25) is 9.89 Å². The average Bonchev–Trinajstić information content (AvgIpc) is 3.41. The maximum atomic E-state index is 13.2. The number of nitrogens with zero attached hydrogens (tertiary/aromatic N) is 3. The van der Waals surface area contributed by atoms with Crippen LogP contribution < -0.4 is 0 Å². The number of benzene rings is 1. The zero-order chi connectivity index (χ0) is 23.0. The number of H-pyrrole nitrogens is 1. The lowest BCUT2D eigenvalue weighted by Gasteiger charge is -2.34. The number of carbonyl (C=O) groups excluding carboxylic acids is 2. The number of hydrogen-bond acceptors (Lipinski definition) is 6. The molecule has 10 heteroatoms. The van der Waals surface area contributed by atoms with Gasteiger partial charge in [0.25, 0.3) is 5.91 Å². The molecule has 2 aromatic heterocycles. The Bertz CT molecular complexity index is 1220. The molecular formula is C22H20Cl2N4O4. The van der Waals surface area contributed by atoms with Crippen molar-refractivity contribution < 1.29 is 18.8 Å². The zero-order valence-corrected chi connectivity index (χ0v) is 19.0. The van der Waals surface area contributed by atoms with Crippen LogP contribution in [0.3, 0.4) is 0 Å². The van der Waals surface area contributed by atoms with Gasteiger partial charge >= 0.3 is 5.97 Å². The van der Waals surface area contributed by atoms with E-state index in [-0.39, 0.29) is 23.9 Å². The number of rotatable bonds is 5. The van der Waals surface area contributed by atoms with Gasteiger partial charge in [0.15, 0.2) is 0 Å². The largest absolute Gasteiger partial charge is 0.466 e. The van der Waals surface area contributed by atoms with E-state index in [4.69, 9.17) is 32.5 Å². The van der Waals surface area contributed by atoms with Crippen molar-refractivity contribution in [3.8, 4) is 11.4 Å². The normalized spacial score (nSPS) is 15.4. The van der Waals surface area contributed by atoms with Gasteiger partial charge in [-0.05, 0) is 25.1 Å². The maximum absolute atomic E-state index is 13.2. The fourth-order valence-corrected chi connectivity index (χ4v) is 4.18. The molecule has 3 heterocycles. The van der Waals surface area contributed by atoms with Crippen molar-refractivity contribution in [1.29, 1.82) is 0 Å². The first-order valence-corrected chi connectivity index (χ1v) is 10.6. The Labute approximate surface area is 194 Å². The first kappa shape index (κ1) is 22.1. The first-order chi connectivity index (χ1) is 15.3. The molecule has 32 heavy (non-hydrogen) atoms. The Morgan fingerprint density at radius 2 is 2.09 bits per heavy atom. The van der Waals surface area contributed by atoms with Crippen molar-refractivity contribution in [2.45, 2.75) is 25.8 Å². The molecule has 0 aliphatic carbocycles. The predicted octanol–water partition coefficient (Wildman–Crippen LogP) is 4.40. The minimum atomic E-state index is -0.507. The fraction of sp³-hybridized carbons (Fsp3) is 0.273. The predicted molar refractivity (Wildman–Crippen MR) is 119 cm³/mol. The summed E-state index contributed by atoms with van der Waals surface area (Å²) in [5, 5.41) is 12.3. The quantitative estimate of drug-likeness (QED) is 0.434. The number of carbonyl (C=O) groups is 2. The molecule has 0 spiro atoms. The first-order valence-electron chi connectivity index (χ1n) is 9.84. The van der Waals surface area contributed by atoms with Crippen LogP contribution in [0.5, 0.6) is 0 Å². The molecule has 1 unspecified atom stereocenters. The Hall–Kier alpha value is -3.10. The van der Waals surface area contributed by atoms with Crippen LogP contribution in [0.25, 0.3) is 11.4 Å². The molecule has 1 amide bonds. The lowest BCUT2D eigenvalue weighted by Crippen LogP contribution is -2.38. The highest BCUT2D eigenvalue weighted by Gasteiger charge is 2.34. The summed E-state index contributed by atoms with van der Waals surface area (Å²) >= 11 is 12.1. The van der Waals surface area contributed by atoms with E-state index < -0.39 is 5.97 Å². The highest BCUT2D eigenvalue weighted by atomic mass is 35.5. The molecule has 1 aliphatic rings. The molecule has 1 atom stereocenters. The third-order valence-electron chi connectivity index (χ3n) is 5.54. The molecule has 1 aliphatic heterocycles. The smallest absolute Gasteiger partial charge is 0.333 e. The summed E-state index contributed by atoms with van der Waals surface area (Å²) in [7, 11) is 1.30. The minimum absolute atomic E-state index is 0.159. The van der Waals surface area contributed by atoms with Gasteiger partial charge in [0, 0.05) is 47.3 Å². The molecule has 0 saturated heterocycles. The van der Waals surface area contributed by atoms with Crippen LogP contribution in [-0.2, 0) is 22.4 Å². The summed E-state index contributed by atoms with van der Waals surface area (Å²) in [5.74, 6) is -0.665. The van der Waals surface area contributed by atoms with Crippen LogP contribution in [0.15, 0.2) is 41.1 Å². The Kier molecular flexibility index (Phi) is 6.08. The number of ether oxygens (including phenoxy) is 1. The second kappa shape index (κ2) is 8.80. The lowest BCUT2D eigenvalue weighted by molar-refractivity contribution is -0.136. The summed E-state index contributed by atoms with van der Waals surface area (Å²) in [4.78, 5) is 26.7. The number of halogens is 2. The minimum Gasteiger partial charge on any atom is -0.466 e. The molecule has 1 aromatic carbocycles. The number of amides is 1. The van der Waals surface area contributed by atoms with E-state index in [0.717, 1.165) is 11.3 Å². The van der Waals surface area contributed by atoms with Gasteiger partial charge in [-0.1, -0.05) is 34.9 Å². The van der Waals surface area contributed by atoms with E-state index in [0.29, 0.717) is 45.5 Å². The number of nitrogens with one attached hydrogen (secondary N) is 1. The summed E-state index contributed by atoms with van der Waals surface area (Å²) < 4.78 is 9.90. The highest BCUT2D eigenvalue weighted by Crippen LogP contribution is 2.37. The van der Waals surface area contributed by atoms with Crippen molar-refractivity contribution in [3.05, 3.63) is 69.0 Å². The number of hydrogen-bond donors (Lipinski definition) is 1. The SMILES string of the molecule is C=C(Cc1conc1-c1n[nH]c2c1C(C)N(C(=O)c1ccc(Cl)c(Cl)c1)CC2)C(=O)OC. The summed E-state index contributed by atoms with van der Waals surface area (Å²) in [6.07, 6.45) is 2.26. The monoisotopic (exact) mass is 474 g/mol. The van der Waals surface area contributed by atoms with Gasteiger partial charge in [0.2, 0.25) is 0 Å². The number of aromatic amines is 1. The molecule has 1 N–H and O–H groups in total. The fourth-order valence-electron chi connectivity index (χ4n) is 3.89. The molecule has 0 bridgehead atoms. The second-order valence-corrected chi connectivity index (χ2v) is 8.29. The van der Waals surface area contributed by atoms with Gasteiger partial charge in [-0.2, -0.15) is 5.10 Å². The topological polar surface area (TPSA) is 101 Å². The molecule has 0 saturated carbocycles. The van der Waals surface area contributed by atoms with Gasteiger partial charge in [-0.25, -0.2) is 4.79 Å². The molecule has 8 nitrogen and oxygen atoms in total. The van der Waals surface area contributed by atoms with E-state index in [1.807, 2.05) is 6.92 Å². The summed E-state index contributed by atoms with van der Waals surface area (Å²) in [5.41, 5.74) is 4.20. The Morgan fingerprint density at radius 1 is 1.31 bits per heavy atom. The van der Waals surface area contributed by atoms with E-state index >= 15 is 0 Å². The summed E-state index contributed by atoms with van der Waals surface area (Å²) in [6.45, 7) is 6.21. The standard InChI is InChI=1S/C22H20Cl2N4O4/c1-11(22(30)31-3)8-14-10-32-27-19(14)20-18-12(2)28(7-6-17(18)25-26-20)21(29)13-4-5-15(23)16(24)9-13/h4-5,9-10,12H,1,6-8H2,2-3H3,(H,25,26). The van der Waals surface area contributed by atoms with Crippen molar-refractivity contribution in [3.63, 3.8) is 0 Å². The van der Waals surface area contributed by atoms with E-state index in [1.165, 1.54) is 13.4 Å². The number of aromatic nitrogens is 3. The molecular weight excluding hydrogens is 455 g/mol. The Balaban J connectivity index is 1.65. The average molecular weight is 475 g/mol. The third kappa shape index (κ3) is 3.91. The highest BCUT2D eigenvalue weighted by molar-refractivity contribution is 6.42. The molecule has 0 radical (unpaired) electrons. The molecule has 0 fully saturated rings. The van der Waals surface area contributed by atoms with Crippen LogP contribution in [0.1, 0.15) is 40.1 Å².